The van der Waals surface area contributed by atoms with Crippen LogP contribution in [0.2, 0.25) is 0 Å². The van der Waals surface area contributed by atoms with Crippen LogP contribution in [0.1, 0.15) is 45.4 Å². The molecule has 3 rings (SSSR count). The Hall–Kier alpha value is -1.14. The fourth-order valence-electron chi connectivity index (χ4n) is 4.56. The highest BCUT2D eigenvalue weighted by Crippen LogP contribution is 2.31. The zero-order valence-corrected chi connectivity index (χ0v) is 16.3. The van der Waals surface area contributed by atoms with E-state index in [9.17, 15) is 9.59 Å². The second-order valence-corrected chi connectivity index (χ2v) is 8.33. The van der Waals surface area contributed by atoms with Crippen LogP contribution in [0.4, 0.5) is 0 Å². The number of carbonyl (C=O) groups is 2. The number of rotatable bonds is 5. The summed E-state index contributed by atoms with van der Waals surface area (Å²) in [7, 11) is 0. The first-order chi connectivity index (χ1) is 12.6. The van der Waals surface area contributed by atoms with E-state index in [0.717, 1.165) is 78.0 Å². The normalized spacial score (nSPS) is 30.8. The average Bonchev–Trinajstić information content (AvgIpc) is 2.68. The first kappa shape index (κ1) is 19.6. The van der Waals surface area contributed by atoms with Gasteiger partial charge in [0.15, 0.2) is 0 Å². The Morgan fingerprint density at radius 3 is 2.38 bits per heavy atom. The Bertz CT molecular complexity index is 471. The maximum atomic E-state index is 12.7. The van der Waals surface area contributed by atoms with Gasteiger partial charge < -0.3 is 15.0 Å². The van der Waals surface area contributed by atoms with Gasteiger partial charge in [-0.2, -0.15) is 0 Å². The zero-order chi connectivity index (χ0) is 18.4. The van der Waals surface area contributed by atoms with Crippen molar-refractivity contribution in [1.82, 2.24) is 15.1 Å². The summed E-state index contributed by atoms with van der Waals surface area (Å²) < 4.78 is 5.34. The number of ether oxygens (including phenoxy) is 1. The lowest BCUT2D eigenvalue weighted by atomic mass is 9.80. The van der Waals surface area contributed by atoms with Crippen LogP contribution in [0.5, 0.6) is 0 Å². The van der Waals surface area contributed by atoms with Gasteiger partial charge in [-0.1, -0.05) is 6.92 Å². The van der Waals surface area contributed by atoms with Crippen LogP contribution in [0.3, 0.4) is 0 Å². The summed E-state index contributed by atoms with van der Waals surface area (Å²) in [6, 6.07) is 0. The summed E-state index contributed by atoms with van der Waals surface area (Å²) in [5.74, 6) is 1.36. The first-order valence-corrected chi connectivity index (χ1v) is 10.5. The summed E-state index contributed by atoms with van der Waals surface area (Å²) in [4.78, 5) is 29.5. The van der Waals surface area contributed by atoms with E-state index in [1.54, 1.807) is 0 Å². The summed E-state index contributed by atoms with van der Waals surface area (Å²) in [5.41, 5.74) is 0. The van der Waals surface area contributed by atoms with Crippen LogP contribution < -0.4 is 5.32 Å². The third-order valence-electron chi connectivity index (χ3n) is 6.25. The number of piperidine rings is 1. The third kappa shape index (κ3) is 5.43. The molecule has 3 aliphatic rings. The summed E-state index contributed by atoms with van der Waals surface area (Å²) >= 11 is 0. The molecule has 0 spiro atoms. The fourth-order valence-corrected chi connectivity index (χ4v) is 4.56. The van der Waals surface area contributed by atoms with Crippen molar-refractivity contribution in [3.8, 4) is 0 Å². The van der Waals surface area contributed by atoms with Gasteiger partial charge >= 0.3 is 0 Å². The number of likely N-dealkylation sites (tertiary alicyclic amines) is 1. The maximum Gasteiger partial charge on any atom is 0.225 e. The molecule has 2 heterocycles. The van der Waals surface area contributed by atoms with Gasteiger partial charge in [0, 0.05) is 51.1 Å². The number of morpholine rings is 1. The number of hydrogen-bond acceptors (Lipinski definition) is 4. The van der Waals surface area contributed by atoms with Crippen LogP contribution in [0.25, 0.3) is 0 Å². The van der Waals surface area contributed by atoms with E-state index < -0.39 is 0 Å². The van der Waals surface area contributed by atoms with Crippen LogP contribution in [0.15, 0.2) is 0 Å². The smallest absolute Gasteiger partial charge is 0.225 e. The third-order valence-corrected chi connectivity index (χ3v) is 6.25. The van der Waals surface area contributed by atoms with E-state index in [-0.39, 0.29) is 17.7 Å². The van der Waals surface area contributed by atoms with Crippen molar-refractivity contribution in [2.75, 3.05) is 52.5 Å². The fraction of sp³-hybridized carbons (Fsp3) is 0.900. The van der Waals surface area contributed by atoms with E-state index in [2.05, 4.69) is 22.0 Å². The predicted molar refractivity (Wildman–Crippen MR) is 101 cm³/mol. The number of amides is 2. The quantitative estimate of drug-likeness (QED) is 0.802. The van der Waals surface area contributed by atoms with Gasteiger partial charge in [-0.15, -0.1) is 0 Å². The van der Waals surface area contributed by atoms with E-state index in [1.807, 2.05) is 0 Å². The van der Waals surface area contributed by atoms with Crippen molar-refractivity contribution >= 4 is 11.8 Å². The summed E-state index contributed by atoms with van der Waals surface area (Å²) in [5, 5.41) is 3.10. The van der Waals surface area contributed by atoms with Gasteiger partial charge in [-0.05, 0) is 44.4 Å². The Morgan fingerprint density at radius 1 is 1.00 bits per heavy atom. The molecule has 0 aromatic rings. The topological polar surface area (TPSA) is 61.9 Å². The highest BCUT2D eigenvalue weighted by Gasteiger charge is 2.33. The Kier molecular flexibility index (Phi) is 7.32. The molecule has 26 heavy (non-hydrogen) atoms. The molecular weight excluding hydrogens is 330 g/mol. The molecule has 1 unspecified atom stereocenters. The van der Waals surface area contributed by atoms with Crippen LogP contribution in [-0.4, -0.2) is 74.1 Å². The maximum absolute atomic E-state index is 12.7. The number of nitrogens with one attached hydrogen (secondary N) is 1. The molecule has 2 amide bonds. The largest absolute Gasteiger partial charge is 0.379 e. The van der Waals surface area contributed by atoms with Gasteiger partial charge in [0.1, 0.15) is 0 Å². The van der Waals surface area contributed by atoms with Gasteiger partial charge in [-0.3, -0.25) is 14.5 Å². The number of hydrogen-bond donors (Lipinski definition) is 1. The molecule has 0 bridgehead atoms. The molecule has 0 aromatic carbocycles. The SMILES string of the molecule is CC1CCCN(C(=O)C2CCC(C(=O)NCCN3CCOCC3)CC2)C1. The number of nitrogens with zero attached hydrogens (tertiary/aromatic N) is 2. The van der Waals surface area contributed by atoms with Crippen molar-refractivity contribution in [2.45, 2.75) is 45.4 Å². The molecule has 3 fully saturated rings. The lowest BCUT2D eigenvalue weighted by Crippen LogP contribution is -2.45. The molecule has 2 saturated heterocycles. The minimum Gasteiger partial charge on any atom is -0.379 e. The van der Waals surface area contributed by atoms with Gasteiger partial charge in [0.2, 0.25) is 11.8 Å². The Morgan fingerprint density at radius 2 is 1.69 bits per heavy atom. The molecule has 1 atom stereocenters. The molecule has 6 nitrogen and oxygen atoms in total. The van der Waals surface area contributed by atoms with E-state index >= 15 is 0 Å². The van der Waals surface area contributed by atoms with Crippen molar-refractivity contribution in [3.05, 3.63) is 0 Å². The van der Waals surface area contributed by atoms with Crippen molar-refractivity contribution in [1.29, 1.82) is 0 Å². The molecule has 6 heteroatoms. The molecule has 148 valence electrons. The van der Waals surface area contributed by atoms with E-state index in [4.69, 9.17) is 4.74 Å². The molecule has 1 saturated carbocycles. The predicted octanol–water partition coefficient (Wildman–Crippen LogP) is 1.50. The number of carbonyl (C=O) groups excluding carboxylic acids is 2. The molecule has 0 radical (unpaired) electrons. The monoisotopic (exact) mass is 365 g/mol. The van der Waals surface area contributed by atoms with E-state index in [0.29, 0.717) is 18.4 Å². The second kappa shape index (κ2) is 9.70. The minimum absolute atomic E-state index is 0.0871. The zero-order valence-electron chi connectivity index (χ0n) is 16.3. The average molecular weight is 366 g/mol. The Balaban J connectivity index is 1.34. The van der Waals surface area contributed by atoms with Crippen LogP contribution >= 0.6 is 0 Å². The van der Waals surface area contributed by atoms with E-state index in [1.165, 1.54) is 6.42 Å². The molecule has 2 aliphatic heterocycles. The summed E-state index contributed by atoms with van der Waals surface area (Å²) in [6.45, 7) is 9.18. The highest BCUT2D eigenvalue weighted by atomic mass is 16.5. The highest BCUT2D eigenvalue weighted by molar-refractivity contribution is 5.81. The van der Waals surface area contributed by atoms with Crippen molar-refractivity contribution in [2.24, 2.45) is 17.8 Å². The first-order valence-electron chi connectivity index (χ1n) is 10.5. The minimum atomic E-state index is 0.0871. The van der Waals surface area contributed by atoms with Crippen molar-refractivity contribution in [3.63, 3.8) is 0 Å². The van der Waals surface area contributed by atoms with Gasteiger partial charge in [0.25, 0.3) is 0 Å². The standard InChI is InChI=1S/C20H35N3O3/c1-16-3-2-9-23(15-16)20(25)18-6-4-17(5-7-18)19(24)21-8-10-22-11-13-26-14-12-22/h16-18H,2-15H2,1H3,(H,21,24). The Labute approximate surface area is 157 Å². The molecule has 1 N–H and O–H groups in total. The van der Waals surface area contributed by atoms with Crippen LogP contribution in [-0.2, 0) is 14.3 Å². The molecular formula is C20H35N3O3. The van der Waals surface area contributed by atoms with Gasteiger partial charge in [-0.25, -0.2) is 0 Å². The lowest BCUT2D eigenvalue weighted by Gasteiger charge is -2.35. The summed E-state index contributed by atoms with van der Waals surface area (Å²) in [6.07, 6.45) is 5.80. The lowest BCUT2D eigenvalue weighted by molar-refractivity contribution is -0.140. The van der Waals surface area contributed by atoms with Crippen molar-refractivity contribution < 1.29 is 14.3 Å². The molecule has 0 aromatic heterocycles. The second-order valence-electron chi connectivity index (χ2n) is 8.33. The van der Waals surface area contributed by atoms with Gasteiger partial charge in [0.05, 0.1) is 13.2 Å². The van der Waals surface area contributed by atoms with Crippen LogP contribution in [0, 0.1) is 17.8 Å². The molecule has 1 aliphatic carbocycles.